The van der Waals surface area contributed by atoms with Crippen LogP contribution in [0.3, 0.4) is 0 Å². The molecule has 0 aliphatic carbocycles. The lowest BCUT2D eigenvalue weighted by Gasteiger charge is -2.02. The summed E-state index contributed by atoms with van der Waals surface area (Å²) in [5.41, 5.74) is 0.903. The second-order valence-electron chi connectivity index (χ2n) is 3.83. The Kier molecular flexibility index (Phi) is 4.30. The van der Waals surface area contributed by atoms with Gasteiger partial charge in [0.2, 0.25) is 11.7 Å². The number of nitrogens with one attached hydrogen (secondary N) is 1. The molecular weight excluding hydrogens is 230 g/mol. The van der Waals surface area contributed by atoms with Crippen LogP contribution in [0.15, 0.2) is 28.8 Å². The van der Waals surface area contributed by atoms with Gasteiger partial charge >= 0.3 is 0 Å². The SMILES string of the molecule is CCOc1cccc(-c2noc(CCNC)n2)c1. The van der Waals surface area contributed by atoms with Crippen LogP contribution >= 0.6 is 0 Å². The average molecular weight is 247 g/mol. The minimum atomic E-state index is 0.600. The van der Waals surface area contributed by atoms with Crippen molar-refractivity contribution in [2.45, 2.75) is 13.3 Å². The second-order valence-corrected chi connectivity index (χ2v) is 3.83. The van der Waals surface area contributed by atoms with Crippen molar-refractivity contribution in [2.75, 3.05) is 20.2 Å². The first kappa shape index (κ1) is 12.6. The zero-order valence-electron chi connectivity index (χ0n) is 10.6. The van der Waals surface area contributed by atoms with Crippen LogP contribution in [0.4, 0.5) is 0 Å². The lowest BCUT2D eigenvalue weighted by atomic mass is 10.2. The van der Waals surface area contributed by atoms with Crippen molar-refractivity contribution in [1.82, 2.24) is 15.5 Å². The maximum absolute atomic E-state index is 5.44. The first-order chi connectivity index (χ1) is 8.83. The zero-order valence-corrected chi connectivity index (χ0v) is 10.6. The van der Waals surface area contributed by atoms with Gasteiger partial charge in [0, 0.05) is 18.5 Å². The Balaban J connectivity index is 2.15. The summed E-state index contributed by atoms with van der Waals surface area (Å²) in [5, 5.41) is 7.01. The van der Waals surface area contributed by atoms with Crippen LogP contribution in [0, 0.1) is 0 Å². The van der Waals surface area contributed by atoms with E-state index < -0.39 is 0 Å². The highest BCUT2D eigenvalue weighted by Crippen LogP contribution is 2.21. The fourth-order valence-electron chi connectivity index (χ4n) is 1.60. The van der Waals surface area contributed by atoms with E-state index in [1.165, 1.54) is 0 Å². The van der Waals surface area contributed by atoms with E-state index in [1.807, 2.05) is 38.2 Å². The zero-order chi connectivity index (χ0) is 12.8. The largest absolute Gasteiger partial charge is 0.494 e. The van der Waals surface area contributed by atoms with E-state index >= 15 is 0 Å². The Bertz CT molecular complexity index is 496. The van der Waals surface area contributed by atoms with Crippen molar-refractivity contribution in [2.24, 2.45) is 0 Å². The molecule has 0 radical (unpaired) electrons. The van der Waals surface area contributed by atoms with Gasteiger partial charge in [-0.2, -0.15) is 4.98 Å². The average Bonchev–Trinajstić information content (AvgIpc) is 2.86. The molecule has 0 bridgehead atoms. The van der Waals surface area contributed by atoms with Crippen molar-refractivity contribution >= 4 is 0 Å². The van der Waals surface area contributed by atoms with E-state index in [2.05, 4.69) is 15.5 Å². The van der Waals surface area contributed by atoms with Crippen LogP contribution in [0.5, 0.6) is 5.75 Å². The Morgan fingerprint density at radius 2 is 2.28 bits per heavy atom. The first-order valence-corrected chi connectivity index (χ1v) is 6.04. The van der Waals surface area contributed by atoms with Gasteiger partial charge in [-0.25, -0.2) is 0 Å². The van der Waals surface area contributed by atoms with Crippen LogP contribution in [0.1, 0.15) is 12.8 Å². The van der Waals surface area contributed by atoms with E-state index in [0.29, 0.717) is 18.3 Å². The van der Waals surface area contributed by atoms with Crippen LogP contribution in [-0.2, 0) is 6.42 Å². The molecule has 1 aromatic heterocycles. The van der Waals surface area contributed by atoms with Gasteiger partial charge in [-0.3, -0.25) is 0 Å². The Morgan fingerprint density at radius 1 is 1.39 bits per heavy atom. The number of likely N-dealkylation sites (N-methyl/N-ethyl adjacent to an activating group) is 1. The lowest BCUT2D eigenvalue weighted by molar-refractivity contribution is 0.340. The summed E-state index contributed by atoms with van der Waals surface area (Å²) in [4.78, 5) is 4.35. The topological polar surface area (TPSA) is 60.2 Å². The number of benzene rings is 1. The molecular formula is C13H17N3O2. The first-order valence-electron chi connectivity index (χ1n) is 6.04. The molecule has 0 saturated heterocycles. The van der Waals surface area contributed by atoms with E-state index in [0.717, 1.165) is 24.3 Å². The molecule has 96 valence electrons. The number of ether oxygens (including phenoxy) is 1. The van der Waals surface area contributed by atoms with Gasteiger partial charge in [0.05, 0.1) is 6.61 Å². The van der Waals surface area contributed by atoms with Crippen molar-refractivity contribution in [3.8, 4) is 17.1 Å². The van der Waals surface area contributed by atoms with E-state index in [4.69, 9.17) is 9.26 Å². The van der Waals surface area contributed by atoms with Gasteiger partial charge in [0.15, 0.2) is 0 Å². The summed E-state index contributed by atoms with van der Waals surface area (Å²) in [7, 11) is 1.89. The van der Waals surface area contributed by atoms with Gasteiger partial charge in [0.25, 0.3) is 0 Å². The van der Waals surface area contributed by atoms with Crippen LogP contribution in [-0.4, -0.2) is 30.3 Å². The van der Waals surface area contributed by atoms with Gasteiger partial charge in [-0.15, -0.1) is 0 Å². The molecule has 18 heavy (non-hydrogen) atoms. The Labute approximate surface area is 106 Å². The van der Waals surface area contributed by atoms with Crippen molar-refractivity contribution in [3.05, 3.63) is 30.2 Å². The van der Waals surface area contributed by atoms with E-state index in [1.54, 1.807) is 0 Å². The number of aromatic nitrogens is 2. The fourth-order valence-corrected chi connectivity index (χ4v) is 1.60. The molecule has 0 unspecified atom stereocenters. The molecule has 2 aromatic rings. The third kappa shape index (κ3) is 3.07. The number of rotatable bonds is 6. The molecule has 1 N–H and O–H groups in total. The van der Waals surface area contributed by atoms with E-state index in [9.17, 15) is 0 Å². The summed E-state index contributed by atoms with van der Waals surface area (Å²) in [5.74, 6) is 2.06. The molecule has 0 amide bonds. The monoisotopic (exact) mass is 247 g/mol. The normalized spacial score (nSPS) is 10.6. The second kappa shape index (κ2) is 6.16. The summed E-state index contributed by atoms with van der Waals surface area (Å²) >= 11 is 0. The highest BCUT2D eigenvalue weighted by atomic mass is 16.5. The predicted octanol–water partition coefficient (Wildman–Crippen LogP) is 1.90. The summed E-state index contributed by atoms with van der Waals surface area (Å²) < 4.78 is 10.6. The quantitative estimate of drug-likeness (QED) is 0.844. The summed E-state index contributed by atoms with van der Waals surface area (Å²) in [6.45, 7) is 3.42. The van der Waals surface area contributed by atoms with E-state index in [-0.39, 0.29) is 0 Å². The van der Waals surface area contributed by atoms with Crippen molar-refractivity contribution in [3.63, 3.8) is 0 Å². The number of hydrogen-bond acceptors (Lipinski definition) is 5. The molecule has 0 saturated carbocycles. The minimum Gasteiger partial charge on any atom is -0.494 e. The molecule has 0 fully saturated rings. The summed E-state index contributed by atoms with van der Waals surface area (Å²) in [6.07, 6.45) is 0.731. The lowest BCUT2D eigenvalue weighted by Crippen LogP contribution is -2.10. The van der Waals surface area contributed by atoms with Crippen LogP contribution in [0.25, 0.3) is 11.4 Å². The third-order valence-electron chi connectivity index (χ3n) is 2.46. The maximum atomic E-state index is 5.44. The molecule has 1 heterocycles. The van der Waals surface area contributed by atoms with Crippen LogP contribution in [0.2, 0.25) is 0 Å². The van der Waals surface area contributed by atoms with Crippen molar-refractivity contribution < 1.29 is 9.26 Å². The third-order valence-corrected chi connectivity index (χ3v) is 2.46. The molecule has 1 aromatic carbocycles. The predicted molar refractivity (Wildman–Crippen MR) is 68.5 cm³/mol. The number of nitrogens with zero attached hydrogens (tertiary/aromatic N) is 2. The van der Waals surface area contributed by atoms with Crippen LogP contribution < -0.4 is 10.1 Å². The molecule has 0 aliphatic rings. The van der Waals surface area contributed by atoms with Gasteiger partial charge < -0.3 is 14.6 Å². The smallest absolute Gasteiger partial charge is 0.228 e. The van der Waals surface area contributed by atoms with Crippen molar-refractivity contribution in [1.29, 1.82) is 0 Å². The van der Waals surface area contributed by atoms with Gasteiger partial charge in [-0.05, 0) is 26.1 Å². The molecule has 5 heteroatoms. The highest BCUT2D eigenvalue weighted by molar-refractivity contribution is 5.56. The maximum Gasteiger partial charge on any atom is 0.228 e. The summed E-state index contributed by atoms with van der Waals surface area (Å²) in [6, 6.07) is 7.68. The molecule has 0 aliphatic heterocycles. The van der Waals surface area contributed by atoms with Gasteiger partial charge in [-0.1, -0.05) is 17.3 Å². The molecule has 2 rings (SSSR count). The standard InChI is InChI=1S/C13H17N3O2/c1-3-17-11-6-4-5-10(9-11)13-15-12(18-16-13)7-8-14-2/h4-6,9,14H,3,7-8H2,1-2H3. The van der Waals surface area contributed by atoms with Gasteiger partial charge in [0.1, 0.15) is 5.75 Å². The minimum absolute atomic E-state index is 0.600. The number of hydrogen-bond donors (Lipinski definition) is 1. The Morgan fingerprint density at radius 3 is 3.06 bits per heavy atom. The molecule has 0 atom stereocenters. The molecule has 0 spiro atoms. The molecule has 5 nitrogen and oxygen atoms in total. The fraction of sp³-hybridized carbons (Fsp3) is 0.385. The Hall–Kier alpha value is -1.88. The highest BCUT2D eigenvalue weighted by Gasteiger charge is 2.08.